The number of aromatic nitrogens is 3. The van der Waals surface area contributed by atoms with Crippen LogP contribution >= 0.6 is 11.3 Å². The summed E-state index contributed by atoms with van der Waals surface area (Å²) in [5.74, 6) is 0.113. The third-order valence-corrected chi connectivity index (χ3v) is 6.14. The Bertz CT molecular complexity index is 1070. The van der Waals surface area contributed by atoms with Gasteiger partial charge in [0, 0.05) is 23.4 Å². The largest absolute Gasteiger partial charge is 0.336 e. The molecule has 1 amide bonds. The smallest absolute Gasteiger partial charge is 0.264 e. The Balaban J connectivity index is 1.32. The molecule has 1 atom stereocenters. The molecule has 1 saturated heterocycles. The number of benzene rings is 2. The normalized spacial score (nSPS) is 16.9. The number of hydrogen-bond acceptors (Lipinski definition) is 4. The quantitative estimate of drug-likeness (QED) is 0.539. The second-order valence-electron chi connectivity index (χ2n) is 6.79. The predicted molar refractivity (Wildman–Crippen MR) is 107 cm³/mol. The molecule has 0 spiro atoms. The molecule has 0 radical (unpaired) electrons. The van der Waals surface area contributed by atoms with Gasteiger partial charge in [-0.3, -0.25) is 4.79 Å². The van der Waals surface area contributed by atoms with Gasteiger partial charge in [-0.05, 0) is 23.9 Å². The lowest BCUT2D eigenvalue weighted by atomic mass is 10.2. The maximum Gasteiger partial charge on any atom is 0.264 e. The van der Waals surface area contributed by atoms with Crippen molar-refractivity contribution in [3.05, 3.63) is 71.7 Å². The lowest BCUT2D eigenvalue weighted by Crippen LogP contribution is -2.28. The number of carbonyl (C=O) groups is 1. The van der Waals surface area contributed by atoms with Crippen LogP contribution in [0.15, 0.2) is 66.9 Å². The van der Waals surface area contributed by atoms with Crippen molar-refractivity contribution in [2.24, 2.45) is 0 Å². The Morgan fingerprint density at radius 2 is 1.89 bits per heavy atom. The summed E-state index contributed by atoms with van der Waals surface area (Å²) in [6.45, 7) is 1.42. The average molecular weight is 374 g/mol. The first-order chi connectivity index (χ1) is 13.3. The molecule has 6 heteroatoms. The van der Waals surface area contributed by atoms with E-state index in [9.17, 15) is 4.79 Å². The van der Waals surface area contributed by atoms with Gasteiger partial charge in [-0.2, -0.15) is 0 Å². The maximum atomic E-state index is 12.9. The number of likely N-dealkylation sites (tertiary alicyclic amines) is 1. The molecule has 0 N–H and O–H groups in total. The van der Waals surface area contributed by atoms with Gasteiger partial charge in [-0.25, -0.2) is 4.68 Å². The monoisotopic (exact) mass is 374 g/mol. The SMILES string of the molecule is O=C(c1cc2ccccc2s1)N1CCC(n2cc(-c3ccccc3)nn2)C1. The summed E-state index contributed by atoms with van der Waals surface area (Å²) in [7, 11) is 0. The lowest BCUT2D eigenvalue weighted by molar-refractivity contribution is 0.0792. The van der Waals surface area contributed by atoms with Crippen LogP contribution in [-0.4, -0.2) is 38.9 Å². The number of nitrogens with zero attached hydrogens (tertiary/aromatic N) is 4. The second-order valence-corrected chi connectivity index (χ2v) is 7.88. The fourth-order valence-electron chi connectivity index (χ4n) is 3.58. The summed E-state index contributed by atoms with van der Waals surface area (Å²) in [6.07, 6.45) is 2.88. The minimum Gasteiger partial charge on any atom is -0.336 e. The Morgan fingerprint density at radius 1 is 1.07 bits per heavy atom. The maximum absolute atomic E-state index is 12.9. The van der Waals surface area contributed by atoms with Gasteiger partial charge in [0.25, 0.3) is 5.91 Å². The third kappa shape index (κ3) is 3.02. The number of amides is 1. The van der Waals surface area contributed by atoms with Crippen LogP contribution in [0, 0.1) is 0 Å². The zero-order valence-corrected chi connectivity index (χ0v) is 15.5. The highest BCUT2D eigenvalue weighted by molar-refractivity contribution is 7.20. The van der Waals surface area contributed by atoms with Crippen LogP contribution in [0.2, 0.25) is 0 Å². The summed E-state index contributed by atoms with van der Waals surface area (Å²) in [5, 5.41) is 9.74. The molecule has 0 bridgehead atoms. The summed E-state index contributed by atoms with van der Waals surface area (Å²) in [4.78, 5) is 15.6. The van der Waals surface area contributed by atoms with E-state index in [0.29, 0.717) is 6.54 Å². The Hall–Kier alpha value is -2.99. The zero-order valence-electron chi connectivity index (χ0n) is 14.7. The van der Waals surface area contributed by atoms with Crippen LogP contribution < -0.4 is 0 Å². The molecule has 2 aromatic carbocycles. The zero-order chi connectivity index (χ0) is 18.2. The van der Waals surface area contributed by atoms with Crippen LogP contribution in [0.3, 0.4) is 0 Å². The molecule has 5 rings (SSSR count). The molecule has 1 unspecified atom stereocenters. The lowest BCUT2D eigenvalue weighted by Gasteiger charge is -2.15. The molecule has 134 valence electrons. The van der Waals surface area contributed by atoms with Gasteiger partial charge in [0.05, 0.1) is 17.1 Å². The number of rotatable bonds is 3. The fraction of sp³-hybridized carbons (Fsp3) is 0.190. The molecule has 0 aliphatic carbocycles. The Morgan fingerprint density at radius 3 is 2.74 bits per heavy atom. The van der Waals surface area contributed by atoms with Gasteiger partial charge in [0.1, 0.15) is 5.69 Å². The summed E-state index contributed by atoms with van der Waals surface area (Å²) < 4.78 is 3.06. The molecule has 5 nitrogen and oxygen atoms in total. The van der Waals surface area contributed by atoms with Crippen LogP contribution in [0.5, 0.6) is 0 Å². The van der Waals surface area contributed by atoms with Crippen LogP contribution in [-0.2, 0) is 0 Å². The van der Waals surface area contributed by atoms with Crippen molar-refractivity contribution in [3.8, 4) is 11.3 Å². The molecule has 4 aromatic rings. The topological polar surface area (TPSA) is 51.0 Å². The fourth-order valence-corrected chi connectivity index (χ4v) is 4.61. The van der Waals surface area contributed by atoms with Crippen molar-refractivity contribution in [3.63, 3.8) is 0 Å². The van der Waals surface area contributed by atoms with E-state index < -0.39 is 0 Å². The van der Waals surface area contributed by atoms with E-state index in [2.05, 4.69) is 22.4 Å². The minimum absolute atomic E-state index is 0.113. The molecule has 1 aliphatic heterocycles. The number of carbonyl (C=O) groups excluding carboxylic acids is 1. The van der Waals surface area contributed by atoms with Crippen molar-refractivity contribution in [2.45, 2.75) is 12.5 Å². The summed E-state index contributed by atoms with van der Waals surface area (Å²) in [6, 6.07) is 20.3. The Kier molecular flexibility index (Phi) is 3.98. The predicted octanol–water partition coefficient (Wildman–Crippen LogP) is 4.25. The van der Waals surface area contributed by atoms with Gasteiger partial charge < -0.3 is 4.90 Å². The van der Waals surface area contributed by atoms with E-state index in [1.54, 1.807) is 11.3 Å². The van der Waals surface area contributed by atoms with E-state index in [-0.39, 0.29) is 11.9 Å². The van der Waals surface area contributed by atoms with Gasteiger partial charge in [-0.1, -0.05) is 53.7 Å². The number of thiophene rings is 1. The number of hydrogen-bond donors (Lipinski definition) is 0. The standard InChI is InChI=1S/C21H18N4OS/c26-21(20-12-16-8-4-5-9-19(16)27-20)24-11-10-17(13-24)25-14-18(22-23-25)15-6-2-1-3-7-15/h1-9,12,14,17H,10-11,13H2. The van der Waals surface area contributed by atoms with E-state index in [0.717, 1.165) is 39.2 Å². The van der Waals surface area contributed by atoms with Gasteiger partial charge in [-0.15, -0.1) is 16.4 Å². The van der Waals surface area contributed by atoms with E-state index in [1.165, 1.54) is 0 Å². The van der Waals surface area contributed by atoms with Gasteiger partial charge in [0.2, 0.25) is 0 Å². The first-order valence-corrected chi connectivity index (χ1v) is 9.85. The van der Waals surface area contributed by atoms with E-state index in [4.69, 9.17) is 0 Å². The van der Waals surface area contributed by atoms with E-state index >= 15 is 0 Å². The summed E-state index contributed by atoms with van der Waals surface area (Å²) >= 11 is 1.56. The highest BCUT2D eigenvalue weighted by Crippen LogP contribution is 2.29. The van der Waals surface area contributed by atoms with E-state index in [1.807, 2.05) is 64.3 Å². The number of fused-ring (bicyclic) bond motifs is 1. The van der Waals surface area contributed by atoms with Gasteiger partial charge >= 0.3 is 0 Å². The highest BCUT2D eigenvalue weighted by atomic mass is 32.1. The van der Waals surface area contributed by atoms with Crippen molar-refractivity contribution >= 4 is 27.3 Å². The van der Waals surface area contributed by atoms with Crippen molar-refractivity contribution in [2.75, 3.05) is 13.1 Å². The van der Waals surface area contributed by atoms with Crippen molar-refractivity contribution in [1.82, 2.24) is 19.9 Å². The first-order valence-electron chi connectivity index (χ1n) is 9.03. The molecule has 1 fully saturated rings. The van der Waals surface area contributed by atoms with Crippen LogP contribution in [0.4, 0.5) is 0 Å². The summed E-state index contributed by atoms with van der Waals surface area (Å²) in [5.41, 5.74) is 1.92. The molecule has 2 aromatic heterocycles. The third-order valence-electron chi connectivity index (χ3n) is 5.04. The van der Waals surface area contributed by atoms with Crippen molar-refractivity contribution in [1.29, 1.82) is 0 Å². The van der Waals surface area contributed by atoms with Crippen molar-refractivity contribution < 1.29 is 4.79 Å². The first kappa shape index (κ1) is 16.2. The molecule has 27 heavy (non-hydrogen) atoms. The Labute approximate surface area is 160 Å². The van der Waals surface area contributed by atoms with Gasteiger partial charge in [0.15, 0.2) is 0 Å². The molecule has 3 heterocycles. The van der Waals surface area contributed by atoms with Crippen LogP contribution in [0.25, 0.3) is 21.3 Å². The molecule has 0 saturated carbocycles. The second kappa shape index (κ2) is 6.63. The molecule has 1 aliphatic rings. The average Bonchev–Trinajstić information content (AvgIpc) is 3.46. The highest BCUT2D eigenvalue weighted by Gasteiger charge is 2.29. The van der Waals surface area contributed by atoms with Crippen LogP contribution in [0.1, 0.15) is 22.1 Å². The minimum atomic E-state index is 0.113. The molecular weight excluding hydrogens is 356 g/mol. The molecular formula is C21H18N4OS.